The van der Waals surface area contributed by atoms with Crippen molar-refractivity contribution in [1.82, 2.24) is 19.4 Å². The van der Waals surface area contributed by atoms with Crippen molar-refractivity contribution in [2.75, 3.05) is 5.75 Å². The summed E-state index contributed by atoms with van der Waals surface area (Å²) in [6, 6.07) is 15.3. The molecule has 3 aromatic rings. The molecule has 2 aliphatic heterocycles. The Morgan fingerprint density at radius 2 is 2.04 bits per heavy atom. The van der Waals surface area contributed by atoms with Crippen molar-refractivity contribution in [1.29, 1.82) is 0 Å². The topological polar surface area (TPSA) is 46.3 Å². The zero-order chi connectivity index (χ0) is 19.1. The SMILES string of the molecule is CC[C@H]1CSC2=N[C@@H](c3ccccn3)[C@@H](c3ccc(C)n3-c3cccnc3)N21. The van der Waals surface area contributed by atoms with Gasteiger partial charge in [0.2, 0.25) is 0 Å². The number of nitrogens with zero attached hydrogens (tertiary/aromatic N) is 5. The number of aromatic nitrogens is 3. The molecule has 3 atom stereocenters. The molecule has 142 valence electrons. The van der Waals surface area contributed by atoms with E-state index in [0.717, 1.165) is 28.7 Å². The van der Waals surface area contributed by atoms with Gasteiger partial charge in [-0.15, -0.1) is 0 Å². The fourth-order valence-electron chi connectivity index (χ4n) is 4.30. The van der Waals surface area contributed by atoms with Gasteiger partial charge in [-0.2, -0.15) is 0 Å². The van der Waals surface area contributed by atoms with Crippen molar-refractivity contribution in [3.8, 4) is 5.69 Å². The minimum absolute atomic E-state index is 0.00257. The largest absolute Gasteiger partial charge is 0.337 e. The number of hydrogen-bond donors (Lipinski definition) is 0. The molecule has 0 saturated carbocycles. The van der Waals surface area contributed by atoms with E-state index in [1.165, 1.54) is 11.4 Å². The third kappa shape index (κ3) is 2.75. The van der Waals surface area contributed by atoms with Gasteiger partial charge in [0.05, 0.1) is 17.6 Å². The number of rotatable bonds is 4. The van der Waals surface area contributed by atoms with Gasteiger partial charge in [0, 0.05) is 35.6 Å². The number of thioether (sulfide) groups is 1. The van der Waals surface area contributed by atoms with Gasteiger partial charge in [-0.3, -0.25) is 15.0 Å². The fraction of sp³-hybridized carbons (Fsp3) is 0.318. The van der Waals surface area contributed by atoms with Crippen LogP contribution in [-0.4, -0.2) is 36.4 Å². The molecule has 0 aromatic carbocycles. The van der Waals surface area contributed by atoms with Crippen LogP contribution in [0.15, 0.2) is 66.0 Å². The molecule has 0 N–H and O–H groups in total. The Kier molecular flexibility index (Phi) is 4.43. The molecule has 28 heavy (non-hydrogen) atoms. The van der Waals surface area contributed by atoms with Gasteiger partial charge < -0.3 is 9.47 Å². The summed E-state index contributed by atoms with van der Waals surface area (Å²) in [5.74, 6) is 1.10. The number of aryl methyl sites for hydroxylation is 1. The molecule has 1 saturated heterocycles. The van der Waals surface area contributed by atoms with E-state index in [1.807, 2.05) is 42.5 Å². The predicted molar refractivity (Wildman–Crippen MR) is 114 cm³/mol. The Balaban J connectivity index is 1.66. The van der Waals surface area contributed by atoms with Crippen LogP contribution in [0.4, 0.5) is 0 Å². The van der Waals surface area contributed by atoms with E-state index in [4.69, 9.17) is 4.99 Å². The summed E-state index contributed by atoms with van der Waals surface area (Å²) in [6.07, 6.45) is 6.73. The molecule has 6 heteroatoms. The van der Waals surface area contributed by atoms with Crippen molar-refractivity contribution in [3.05, 3.63) is 78.1 Å². The number of pyridine rings is 2. The van der Waals surface area contributed by atoms with Gasteiger partial charge in [-0.1, -0.05) is 24.8 Å². The molecule has 2 aliphatic rings. The predicted octanol–water partition coefficient (Wildman–Crippen LogP) is 4.56. The van der Waals surface area contributed by atoms with Crippen LogP contribution >= 0.6 is 11.8 Å². The molecule has 0 bridgehead atoms. The normalized spacial score (nSPS) is 23.7. The van der Waals surface area contributed by atoms with Gasteiger partial charge in [0.1, 0.15) is 12.1 Å². The first-order chi connectivity index (χ1) is 13.8. The Hall–Kier alpha value is -2.60. The maximum Gasteiger partial charge on any atom is 0.160 e. The minimum atomic E-state index is 0.00257. The maximum atomic E-state index is 5.13. The van der Waals surface area contributed by atoms with Crippen LogP contribution in [0.25, 0.3) is 5.69 Å². The second kappa shape index (κ2) is 7.09. The lowest BCUT2D eigenvalue weighted by Gasteiger charge is -2.32. The standard InChI is InChI=1S/C22H23N5S/c1-3-16-14-28-22-25-20(18-8-4-5-12-24-18)21(27(16)22)19-10-9-15(2)26(19)17-7-6-11-23-13-17/h4-13,16,20-21H,3,14H2,1-2H3/t16-,20-,21+/m0/s1. The summed E-state index contributed by atoms with van der Waals surface area (Å²) in [5, 5.41) is 1.16. The molecule has 5 nitrogen and oxygen atoms in total. The molecule has 5 rings (SSSR count). The van der Waals surface area contributed by atoms with Crippen LogP contribution in [-0.2, 0) is 0 Å². The molecule has 0 aliphatic carbocycles. The summed E-state index contributed by atoms with van der Waals surface area (Å²) in [6.45, 7) is 4.42. The molecule has 0 unspecified atom stereocenters. The smallest absolute Gasteiger partial charge is 0.160 e. The number of hydrogen-bond acceptors (Lipinski definition) is 5. The maximum absolute atomic E-state index is 5.13. The Labute approximate surface area is 169 Å². The Morgan fingerprint density at radius 1 is 1.11 bits per heavy atom. The molecule has 3 aromatic heterocycles. The first-order valence-corrected chi connectivity index (χ1v) is 10.7. The van der Waals surface area contributed by atoms with Gasteiger partial charge >= 0.3 is 0 Å². The first kappa shape index (κ1) is 17.5. The third-order valence-corrected chi connectivity index (χ3v) is 6.77. The van der Waals surface area contributed by atoms with E-state index in [9.17, 15) is 0 Å². The highest BCUT2D eigenvalue weighted by Gasteiger charge is 2.46. The summed E-state index contributed by atoms with van der Waals surface area (Å²) < 4.78 is 2.32. The van der Waals surface area contributed by atoms with E-state index >= 15 is 0 Å². The molecule has 5 heterocycles. The molecule has 1 fully saturated rings. The second-order valence-electron chi connectivity index (χ2n) is 7.28. The van der Waals surface area contributed by atoms with Crippen LogP contribution < -0.4 is 0 Å². The lowest BCUT2D eigenvalue weighted by atomic mass is 9.99. The first-order valence-electron chi connectivity index (χ1n) is 9.76. The van der Waals surface area contributed by atoms with Crippen LogP contribution in [0.3, 0.4) is 0 Å². The van der Waals surface area contributed by atoms with Crippen molar-refractivity contribution in [3.63, 3.8) is 0 Å². The molecular weight excluding hydrogens is 366 g/mol. The monoisotopic (exact) mass is 389 g/mol. The van der Waals surface area contributed by atoms with Gasteiger partial charge in [-0.05, 0) is 49.7 Å². The average Bonchev–Trinajstić information content (AvgIpc) is 3.42. The van der Waals surface area contributed by atoms with E-state index in [-0.39, 0.29) is 12.1 Å². The van der Waals surface area contributed by atoms with E-state index < -0.39 is 0 Å². The quantitative estimate of drug-likeness (QED) is 0.656. The molecular formula is C22H23N5S. The Bertz CT molecular complexity index is 998. The summed E-state index contributed by atoms with van der Waals surface area (Å²) in [7, 11) is 0. The van der Waals surface area contributed by atoms with E-state index in [2.05, 4.69) is 63.6 Å². The number of fused-ring (bicyclic) bond motifs is 1. The van der Waals surface area contributed by atoms with E-state index in [1.54, 1.807) is 0 Å². The van der Waals surface area contributed by atoms with Crippen molar-refractivity contribution in [2.45, 2.75) is 38.4 Å². The average molecular weight is 390 g/mol. The molecule has 0 radical (unpaired) electrons. The highest BCUT2D eigenvalue weighted by Crippen LogP contribution is 2.49. The fourth-order valence-corrected chi connectivity index (χ4v) is 5.64. The van der Waals surface area contributed by atoms with Crippen molar-refractivity contribution < 1.29 is 0 Å². The zero-order valence-corrected chi connectivity index (χ0v) is 16.9. The number of amidine groups is 1. The highest BCUT2D eigenvalue weighted by atomic mass is 32.2. The second-order valence-corrected chi connectivity index (χ2v) is 8.27. The van der Waals surface area contributed by atoms with Crippen LogP contribution in [0.1, 0.15) is 42.5 Å². The molecule has 0 spiro atoms. The summed E-state index contributed by atoms with van der Waals surface area (Å²) in [4.78, 5) is 16.7. The molecule has 0 amide bonds. The minimum Gasteiger partial charge on any atom is -0.337 e. The van der Waals surface area contributed by atoms with Crippen LogP contribution in [0.5, 0.6) is 0 Å². The number of aliphatic imine (C=N–C) groups is 1. The van der Waals surface area contributed by atoms with Crippen LogP contribution in [0.2, 0.25) is 0 Å². The highest BCUT2D eigenvalue weighted by molar-refractivity contribution is 8.14. The van der Waals surface area contributed by atoms with Gasteiger partial charge in [-0.25, -0.2) is 0 Å². The third-order valence-electron chi connectivity index (χ3n) is 5.64. The van der Waals surface area contributed by atoms with E-state index in [0.29, 0.717) is 6.04 Å². The summed E-state index contributed by atoms with van der Waals surface area (Å²) in [5.41, 5.74) is 4.58. The Morgan fingerprint density at radius 3 is 2.79 bits per heavy atom. The van der Waals surface area contributed by atoms with Crippen molar-refractivity contribution in [2.24, 2.45) is 4.99 Å². The van der Waals surface area contributed by atoms with Crippen molar-refractivity contribution >= 4 is 16.9 Å². The van der Waals surface area contributed by atoms with Gasteiger partial charge in [0.15, 0.2) is 5.17 Å². The van der Waals surface area contributed by atoms with Gasteiger partial charge in [0.25, 0.3) is 0 Å². The van der Waals surface area contributed by atoms with Crippen LogP contribution in [0, 0.1) is 6.92 Å². The summed E-state index contributed by atoms with van der Waals surface area (Å²) >= 11 is 1.88. The lowest BCUT2D eigenvalue weighted by Crippen LogP contribution is -2.36. The lowest BCUT2D eigenvalue weighted by molar-refractivity contribution is 0.248. The zero-order valence-electron chi connectivity index (χ0n) is 16.1.